The van der Waals surface area contributed by atoms with Crippen molar-refractivity contribution in [3.05, 3.63) is 41.5 Å². The molecule has 1 N–H and O–H groups in total. The second-order valence-corrected chi connectivity index (χ2v) is 5.65. The molecule has 1 aromatic carbocycles. The Hall–Kier alpha value is -1.61. The van der Waals surface area contributed by atoms with Crippen LogP contribution in [0.1, 0.15) is 30.9 Å². The number of aliphatic hydroxyl groups excluding tert-OH is 1. The average Bonchev–Trinajstić information content (AvgIpc) is 2.45. The highest BCUT2D eigenvalue weighted by Crippen LogP contribution is 2.20. The molecule has 0 aromatic heterocycles. The van der Waals surface area contributed by atoms with E-state index in [1.54, 1.807) is 6.08 Å². The maximum Gasteiger partial charge on any atom is 0.246 e. The number of hydrogen-bond donors (Lipinski definition) is 1. The zero-order valence-corrected chi connectivity index (χ0v) is 12.2. The highest BCUT2D eigenvalue weighted by atomic mass is 16.3. The van der Waals surface area contributed by atoms with Gasteiger partial charge in [-0.3, -0.25) is 4.79 Å². The number of aliphatic hydroxyl groups is 1. The predicted molar refractivity (Wildman–Crippen MR) is 81.2 cm³/mol. The molecule has 0 radical (unpaired) electrons. The van der Waals surface area contributed by atoms with E-state index in [2.05, 4.69) is 6.07 Å². The lowest BCUT2D eigenvalue weighted by Crippen LogP contribution is -2.39. The number of likely N-dealkylation sites (tertiary alicyclic amines) is 1. The van der Waals surface area contributed by atoms with E-state index in [1.807, 2.05) is 43.0 Å². The van der Waals surface area contributed by atoms with Crippen LogP contribution in [-0.4, -0.2) is 35.1 Å². The molecule has 0 spiro atoms. The van der Waals surface area contributed by atoms with E-state index in [-0.39, 0.29) is 12.0 Å². The van der Waals surface area contributed by atoms with Crippen LogP contribution < -0.4 is 0 Å². The lowest BCUT2D eigenvalue weighted by atomic mass is 9.92. The second-order valence-electron chi connectivity index (χ2n) is 5.65. The summed E-state index contributed by atoms with van der Waals surface area (Å²) in [6, 6.07) is 8.09. The molecular weight excluding hydrogens is 250 g/mol. The third kappa shape index (κ3) is 3.94. The monoisotopic (exact) mass is 273 g/mol. The van der Waals surface area contributed by atoms with Gasteiger partial charge in [-0.1, -0.05) is 29.8 Å². The molecule has 1 amide bonds. The van der Waals surface area contributed by atoms with Gasteiger partial charge in [0.15, 0.2) is 0 Å². The topological polar surface area (TPSA) is 40.5 Å². The molecule has 3 heteroatoms. The molecule has 1 aromatic rings. The fraction of sp³-hybridized carbons (Fsp3) is 0.471. The molecule has 3 nitrogen and oxygen atoms in total. The lowest BCUT2D eigenvalue weighted by Gasteiger charge is -2.32. The van der Waals surface area contributed by atoms with Gasteiger partial charge in [0.25, 0.3) is 0 Å². The van der Waals surface area contributed by atoms with Crippen molar-refractivity contribution >= 4 is 12.0 Å². The van der Waals surface area contributed by atoms with Crippen molar-refractivity contribution in [1.82, 2.24) is 4.90 Å². The first-order valence-corrected chi connectivity index (χ1v) is 7.28. The zero-order valence-electron chi connectivity index (χ0n) is 12.2. The number of aryl methyl sites for hydroxylation is 1. The molecule has 108 valence electrons. The van der Waals surface area contributed by atoms with E-state index in [0.717, 1.165) is 31.5 Å². The first-order chi connectivity index (χ1) is 9.56. The van der Waals surface area contributed by atoms with Gasteiger partial charge in [-0.05, 0) is 44.2 Å². The van der Waals surface area contributed by atoms with Crippen molar-refractivity contribution in [1.29, 1.82) is 0 Å². The Kier molecular flexibility index (Phi) is 4.96. The third-order valence-corrected chi connectivity index (χ3v) is 3.99. The molecular formula is C17H23NO2. The SMILES string of the molecule is Cc1cccc(C=CC(=O)N2CCC(C(C)O)CC2)c1. The molecule has 0 saturated carbocycles. The van der Waals surface area contributed by atoms with Crippen molar-refractivity contribution in [2.24, 2.45) is 5.92 Å². The van der Waals surface area contributed by atoms with Gasteiger partial charge < -0.3 is 10.0 Å². The van der Waals surface area contributed by atoms with Gasteiger partial charge in [-0.15, -0.1) is 0 Å². The van der Waals surface area contributed by atoms with E-state index in [9.17, 15) is 9.90 Å². The summed E-state index contributed by atoms with van der Waals surface area (Å²) in [6.45, 7) is 5.36. The summed E-state index contributed by atoms with van der Waals surface area (Å²) in [4.78, 5) is 14.0. The molecule has 0 aliphatic carbocycles. The van der Waals surface area contributed by atoms with Gasteiger partial charge >= 0.3 is 0 Å². The fourth-order valence-corrected chi connectivity index (χ4v) is 2.65. The van der Waals surface area contributed by atoms with Crippen LogP contribution >= 0.6 is 0 Å². The number of amides is 1. The van der Waals surface area contributed by atoms with Crippen LogP contribution in [0.15, 0.2) is 30.3 Å². The molecule has 1 aliphatic heterocycles. The fourth-order valence-electron chi connectivity index (χ4n) is 2.65. The first kappa shape index (κ1) is 14.8. The number of benzene rings is 1. The van der Waals surface area contributed by atoms with Crippen molar-refractivity contribution in [2.45, 2.75) is 32.8 Å². The number of hydrogen-bond acceptors (Lipinski definition) is 2. The largest absolute Gasteiger partial charge is 0.393 e. The van der Waals surface area contributed by atoms with Gasteiger partial charge in [0.2, 0.25) is 5.91 Å². The minimum atomic E-state index is -0.268. The van der Waals surface area contributed by atoms with Gasteiger partial charge in [-0.2, -0.15) is 0 Å². The van der Waals surface area contributed by atoms with Crippen LogP contribution in [0.4, 0.5) is 0 Å². The Bertz CT molecular complexity index is 486. The maximum atomic E-state index is 12.1. The lowest BCUT2D eigenvalue weighted by molar-refractivity contribution is -0.127. The Labute approximate surface area is 120 Å². The van der Waals surface area contributed by atoms with Crippen LogP contribution in [-0.2, 0) is 4.79 Å². The Morgan fingerprint density at radius 2 is 2.10 bits per heavy atom. The number of carbonyl (C=O) groups excluding carboxylic acids is 1. The molecule has 1 fully saturated rings. The highest BCUT2D eigenvalue weighted by Gasteiger charge is 2.24. The molecule has 1 heterocycles. The van der Waals surface area contributed by atoms with E-state index >= 15 is 0 Å². The van der Waals surface area contributed by atoms with E-state index in [1.165, 1.54) is 5.56 Å². The maximum absolute atomic E-state index is 12.1. The minimum Gasteiger partial charge on any atom is -0.393 e. The summed E-state index contributed by atoms with van der Waals surface area (Å²) in [5.41, 5.74) is 2.24. The van der Waals surface area contributed by atoms with Gasteiger partial charge in [0.05, 0.1) is 6.10 Å². The number of nitrogens with zero attached hydrogens (tertiary/aromatic N) is 1. The highest BCUT2D eigenvalue weighted by molar-refractivity contribution is 5.91. The molecule has 1 atom stereocenters. The molecule has 2 rings (SSSR count). The van der Waals surface area contributed by atoms with Crippen molar-refractivity contribution in [3.8, 4) is 0 Å². The van der Waals surface area contributed by atoms with Crippen LogP contribution in [0, 0.1) is 12.8 Å². The smallest absolute Gasteiger partial charge is 0.246 e. The average molecular weight is 273 g/mol. The van der Waals surface area contributed by atoms with Crippen LogP contribution in [0.5, 0.6) is 0 Å². The van der Waals surface area contributed by atoms with E-state index in [4.69, 9.17) is 0 Å². The summed E-state index contributed by atoms with van der Waals surface area (Å²) >= 11 is 0. The standard InChI is InChI=1S/C17H23NO2/c1-13-4-3-5-15(12-13)6-7-17(20)18-10-8-16(9-11-18)14(2)19/h3-7,12,14,16,19H,8-11H2,1-2H3. The quantitative estimate of drug-likeness (QED) is 0.860. The van der Waals surface area contributed by atoms with Crippen molar-refractivity contribution in [2.75, 3.05) is 13.1 Å². The van der Waals surface area contributed by atoms with Gasteiger partial charge in [0.1, 0.15) is 0 Å². The normalized spacial score (nSPS) is 18.4. The van der Waals surface area contributed by atoms with E-state index < -0.39 is 0 Å². The zero-order chi connectivity index (χ0) is 14.5. The summed E-state index contributed by atoms with van der Waals surface area (Å²) < 4.78 is 0. The Morgan fingerprint density at radius 3 is 2.70 bits per heavy atom. The molecule has 1 saturated heterocycles. The summed E-state index contributed by atoms with van der Waals surface area (Å²) in [5, 5.41) is 9.56. The summed E-state index contributed by atoms with van der Waals surface area (Å²) in [7, 11) is 0. The molecule has 1 aliphatic rings. The van der Waals surface area contributed by atoms with Crippen LogP contribution in [0.2, 0.25) is 0 Å². The summed E-state index contributed by atoms with van der Waals surface area (Å²) in [5.74, 6) is 0.398. The second kappa shape index (κ2) is 6.71. The Morgan fingerprint density at radius 1 is 1.40 bits per heavy atom. The Balaban J connectivity index is 1.90. The number of rotatable bonds is 3. The first-order valence-electron chi connectivity index (χ1n) is 7.28. The molecule has 20 heavy (non-hydrogen) atoms. The molecule has 1 unspecified atom stereocenters. The summed E-state index contributed by atoms with van der Waals surface area (Å²) in [6.07, 6.45) is 5.03. The predicted octanol–water partition coefficient (Wildman–Crippen LogP) is 2.63. The van der Waals surface area contributed by atoms with Crippen molar-refractivity contribution < 1.29 is 9.90 Å². The van der Waals surface area contributed by atoms with Crippen LogP contribution in [0.25, 0.3) is 6.08 Å². The van der Waals surface area contributed by atoms with Crippen molar-refractivity contribution in [3.63, 3.8) is 0 Å². The molecule has 0 bridgehead atoms. The van der Waals surface area contributed by atoms with Gasteiger partial charge in [0, 0.05) is 19.2 Å². The number of piperidine rings is 1. The minimum absolute atomic E-state index is 0.0653. The van der Waals surface area contributed by atoms with Crippen LogP contribution in [0.3, 0.4) is 0 Å². The number of carbonyl (C=O) groups is 1. The van der Waals surface area contributed by atoms with E-state index in [0.29, 0.717) is 5.92 Å². The van der Waals surface area contributed by atoms with Gasteiger partial charge in [-0.25, -0.2) is 0 Å². The third-order valence-electron chi connectivity index (χ3n) is 3.99.